The Morgan fingerprint density at radius 1 is 1.21 bits per heavy atom. The van der Waals surface area contributed by atoms with E-state index in [0.717, 1.165) is 12.0 Å². The highest BCUT2D eigenvalue weighted by molar-refractivity contribution is 6.30. The van der Waals surface area contributed by atoms with Crippen LogP contribution < -0.4 is 5.32 Å². The van der Waals surface area contributed by atoms with E-state index in [9.17, 15) is 9.59 Å². The number of hydrogen-bond acceptors (Lipinski definition) is 4. The van der Waals surface area contributed by atoms with Crippen molar-refractivity contribution < 1.29 is 9.59 Å². The molecule has 154 valence electrons. The molecule has 2 aromatic rings. The van der Waals surface area contributed by atoms with E-state index < -0.39 is 0 Å². The van der Waals surface area contributed by atoms with E-state index >= 15 is 0 Å². The van der Waals surface area contributed by atoms with E-state index in [4.69, 9.17) is 11.6 Å². The third-order valence-corrected chi connectivity index (χ3v) is 5.76. The zero-order valence-electron chi connectivity index (χ0n) is 17.3. The lowest BCUT2D eigenvalue weighted by atomic mass is 9.94. The van der Waals surface area contributed by atoms with Crippen LogP contribution in [0.2, 0.25) is 5.02 Å². The van der Waals surface area contributed by atoms with Crippen molar-refractivity contribution in [1.29, 1.82) is 0 Å². The van der Waals surface area contributed by atoms with Crippen LogP contribution in [0.3, 0.4) is 0 Å². The fourth-order valence-corrected chi connectivity index (χ4v) is 3.66. The summed E-state index contributed by atoms with van der Waals surface area (Å²) in [5, 5.41) is 4.10. The molecule has 29 heavy (non-hydrogen) atoms. The number of pyridine rings is 1. The third-order valence-electron chi connectivity index (χ3n) is 5.51. The molecule has 0 aliphatic carbocycles. The van der Waals surface area contributed by atoms with E-state index in [0.29, 0.717) is 29.5 Å². The van der Waals surface area contributed by atoms with Crippen LogP contribution in [0.15, 0.2) is 42.6 Å². The normalized spacial score (nSPS) is 16.6. The van der Waals surface area contributed by atoms with Gasteiger partial charge in [0.25, 0.3) is 5.91 Å². The highest BCUT2D eigenvalue weighted by Crippen LogP contribution is 2.26. The molecule has 0 radical (unpaired) electrons. The Labute approximate surface area is 176 Å². The quantitative estimate of drug-likeness (QED) is 0.808. The summed E-state index contributed by atoms with van der Waals surface area (Å²) < 4.78 is 0. The minimum atomic E-state index is -0.345. The number of nitrogens with zero attached hydrogens (tertiary/aromatic N) is 3. The summed E-state index contributed by atoms with van der Waals surface area (Å²) in [5.41, 5.74) is 1.29. The minimum absolute atomic E-state index is 0.0182. The number of benzene rings is 1. The summed E-state index contributed by atoms with van der Waals surface area (Å²) >= 11 is 5.98. The first-order valence-corrected chi connectivity index (χ1v) is 10.1. The molecular weight excluding hydrogens is 388 g/mol. The number of likely N-dealkylation sites (tertiary alicyclic amines) is 1. The zero-order valence-corrected chi connectivity index (χ0v) is 18.0. The first kappa shape index (κ1) is 21.1. The van der Waals surface area contributed by atoms with Gasteiger partial charge in [0, 0.05) is 38.3 Å². The molecule has 7 heteroatoms. The van der Waals surface area contributed by atoms with Gasteiger partial charge in [0.2, 0.25) is 5.91 Å². The smallest absolute Gasteiger partial charge is 0.255 e. The van der Waals surface area contributed by atoms with Crippen LogP contribution >= 0.6 is 11.6 Å². The standard InChI is InChI=1S/C22H27ClN4O2/c1-15(28)26(4)19-11-12-27(14-19)21(29)16-5-10-20(24-13-16)25-22(2,3)17-6-8-18(23)9-7-17/h5-10,13,19H,11-12,14H2,1-4H3,(H,24,25)/t19-/m0/s1. The van der Waals surface area contributed by atoms with Gasteiger partial charge in [-0.2, -0.15) is 0 Å². The molecule has 0 unspecified atom stereocenters. The molecule has 3 rings (SSSR count). The number of amides is 2. The van der Waals surface area contributed by atoms with Crippen LogP contribution in [0.1, 0.15) is 43.1 Å². The molecule has 2 amide bonds. The zero-order chi connectivity index (χ0) is 21.2. The van der Waals surface area contributed by atoms with Gasteiger partial charge in [0.15, 0.2) is 0 Å². The molecule has 1 saturated heterocycles. The summed E-state index contributed by atoms with van der Waals surface area (Å²) in [6.45, 7) is 6.87. The molecule has 1 fully saturated rings. The predicted molar refractivity (Wildman–Crippen MR) is 115 cm³/mol. The number of carbonyl (C=O) groups is 2. The van der Waals surface area contributed by atoms with Gasteiger partial charge in [0.05, 0.1) is 17.1 Å². The summed E-state index contributed by atoms with van der Waals surface area (Å²) in [7, 11) is 1.78. The molecule has 0 bridgehead atoms. The van der Waals surface area contributed by atoms with E-state index in [1.54, 1.807) is 36.0 Å². The predicted octanol–water partition coefficient (Wildman–Crippen LogP) is 3.78. The Morgan fingerprint density at radius 2 is 1.90 bits per heavy atom. The topological polar surface area (TPSA) is 65.5 Å². The van der Waals surface area contributed by atoms with Crippen molar-refractivity contribution in [3.8, 4) is 0 Å². The Hall–Kier alpha value is -2.60. The van der Waals surface area contributed by atoms with Crippen molar-refractivity contribution in [3.63, 3.8) is 0 Å². The van der Waals surface area contributed by atoms with Crippen LogP contribution in [0.4, 0.5) is 5.82 Å². The fraction of sp³-hybridized carbons (Fsp3) is 0.409. The third kappa shape index (κ3) is 4.88. The molecule has 1 aromatic carbocycles. The Bertz CT molecular complexity index is 881. The Kier molecular flexibility index (Phi) is 6.13. The average molecular weight is 415 g/mol. The minimum Gasteiger partial charge on any atom is -0.361 e. The van der Waals surface area contributed by atoms with Crippen LogP contribution in [-0.2, 0) is 10.3 Å². The molecule has 1 atom stereocenters. The number of carbonyl (C=O) groups excluding carboxylic acids is 2. The lowest BCUT2D eigenvalue weighted by Crippen LogP contribution is -2.38. The van der Waals surface area contributed by atoms with Gasteiger partial charge in [-0.3, -0.25) is 9.59 Å². The Morgan fingerprint density at radius 3 is 2.48 bits per heavy atom. The van der Waals surface area contributed by atoms with E-state index in [1.807, 2.05) is 30.3 Å². The average Bonchev–Trinajstić information content (AvgIpc) is 3.17. The second-order valence-electron chi connectivity index (χ2n) is 8.01. The molecule has 1 aromatic heterocycles. The number of halogens is 1. The van der Waals surface area contributed by atoms with E-state index in [-0.39, 0.29) is 23.4 Å². The van der Waals surface area contributed by atoms with Gasteiger partial charge in [-0.05, 0) is 50.1 Å². The first-order chi connectivity index (χ1) is 13.7. The molecule has 2 heterocycles. The summed E-state index contributed by atoms with van der Waals surface area (Å²) in [6, 6.07) is 11.4. The second-order valence-corrected chi connectivity index (χ2v) is 8.45. The molecule has 1 aliphatic heterocycles. The van der Waals surface area contributed by atoms with Gasteiger partial charge >= 0.3 is 0 Å². The molecule has 1 N–H and O–H groups in total. The summed E-state index contributed by atoms with van der Waals surface area (Å²) in [6.07, 6.45) is 2.40. The lowest BCUT2D eigenvalue weighted by molar-refractivity contribution is -0.129. The van der Waals surface area contributed by atoms with Gasteiger partial charge < -0.3 is 15.1 Å². The molecule has 1 aliphatic rings. The van der Waals surface area contributed by atoms with Crippen molar-refractivity contribution in [3.05, 3.63) is 58.7 Å². The Balaban J connectivity index is 1.65. The van der Waals surface area contributed by atoms with Crippen molar-refractivity contribution in [1.82, 2.24) is 14.8 Å². The SMILES string of the molecule is CC(=O)N(C)[C@H]1CCN(C(=O)c2ccc(NC(C)(C)c3ccc(Cl)cc3)nc2)C1. The first-order valence-electron chi connectivity index (χ1n) is 9.70. The van der Waals surface area contributed by atoms with Crippen LogP contribution in [0, 0.1) is 0 Å². The number of hydrogen-bond donors (Lipinski definition) is 1. The van der Waals surface area contributed by atoms with Crippen molar-refractivity contribution in [2.24, 2.45) is 0 Å². The van der Waals surface area contributed by atoms with Gasteiger partial charge in [-0.25, -0.2) is 4.98 Å². The maximum absolute atomic E-state index is 12.8. The fourth-order valence-electron chi connectivity index (χ4n) is 3.54. The number of nitrogens with one attached hydrogen (secondary N) is 1. The molecular formula is C22H27ClN4O2. The summed E-state index contributed by atoms with van der Waals surface area (Å²) in [5.74, 6) is 0.655. The molecule has 6 nitrogen and oxygen atoms in total. The molecule has 0 saturated carbocycles. The lowest BCUT2D eigenvalue weighted by Gasteiger charge is -2.28. The molecule has 0 spiro atoms. The van der Waals surface area contributed by atoms with E-state index in [1.165, 1.54) is 0 Å². The van der Waals surface area contributed by atoms with Crippen LogP contribution in [0.25, 0.3) is 0 Å². The van der Waals surface area contributed by atoms with Crippen LogP contribution in [-0.4, -0.2) is 52.8 Å². The van der Waals surface area contributed by atoms with Gasteiger partial charge in [-0.15, -0.1) is 0 Å². The van der Waals surface area contributed by atoms with E-state index in [2.05, 4.69) is 24.1 Å². The number of anilines is 1. The maximum atomic E-state index is 12.8. The number of aromatic nitrogens is 1. The highest BCUT2D eigenvalue weighted by atomic mass is 35.5. The number of rotatable bonds is 5. The van der Waals surface area contributed by atoms with Crippen molar-refractivity contribution >= 4 is 29.2 Å². The second kappa shape index (κ2) is 8.41. The number of likely N-dealkylation sites (N-methyl/N-ethyl adjacent to an activating group) is 1. The summed E-state index contributed by atoms with van der Waals surface area (Å²) in [4.78, 5) is 32.3. The van der Waals surface area contributed by atoms with Crippen molar-refractivity contribution in [2.75, 3.05) is 25.5 Å². The van der Waals surface area contributed by atoms with Crippen LogP contribution in [0.5, 0.6) is 0 Å². The van der Waals surface area contributed by atoms with Crippen molar-refractivity contribution in [2.45, 2.75) is 38.8 Å². The maximum Gasteiger partial charge on any atom is 0.255 e. The highest BCUT2D eigenvalue weighted by Gasteiger charge is 2.30. The monoisotopic (exact) mass is 414 g/mol. The van der Waals surface area contributed by atoms with Gasteiger partial charge in [0.1, 0.15) is 5.82 Å². The van der Waals surface area contributed by atoms with Gasteiger partial charge in [-0.1, -0.05) is 23.7 Å². The largest absolute Gasteiger partial charge is 0.361 e.